The molecule has 0 fully saturated rings. The van der Waals surface area contributed by atoms with Crippen molar-refractivity contribution in [2.45, 2.75) is 6.54 Å². The Morgan fingerprint density at radius 2 is 1.57 bits per heavy atom. The number of rotatable bonds is 2. The summed E-state index contributed by atoms with van der Waals surface area (Å²) in [5, 5.41) is 0. The Morgan fingerprint density at radius 3 is 2.00 bits per heavy atom. The maximum atomic E-state index is 13.2. The largest absolute Gasteiger partial charge is 0.326 e. The molecule has 0 bridgehead atoms. The minimum Gasteiger partial charge on any atom is -0.326 e. The third kappa shape index (κ3) is 1.39. The van der Waals surface area contributed by atoms with E-state index in [-0.39, 0.29) is 0 Å². The predicted molar refractivity (Wildman–Crippen MR) is 44.3 cm³/mol. The maximum Gasteiger partial charge on any atom is 0.195 e. The molecule has 1 nitrogen and oxygen atoms in total. The molecular formula is C9H7F4N. The van der Waals surface area contributed by atoms with Gasteiger partial charge in [-0.05, 0) is 0 Å². The van der Waals surface area contributed by atoms with Crippen molar-refractivity contribution in [3.63, 3.8) is 0 Å². The van der Waals surface area contributed by atoms with E-state index in [9.17, 15) is 17.6 Å². The minimum absolute atomic E-state index is 0.546. The van der Waals surface area contributed by atoms with Crippen LogP contribution in [0, 0.1) is 23.3 Å². The Hall–Kier alpha value is -1.36. The van der Waals surface area contributed by atoms with E-state index in [2.05, 4.69) is 6.58 Å². The van der Waals surface area contributed by atoms with Gasteiger partial charge in [0.1, 0.15) is 5.82 Å². The van der Waals surface area contributed by atoms with Gasteiger partial charge in [-0.15, -0.1) is 0 Å². The van der Waals surface area contributed by atoms with Gasteiger partial charge in [0.15, 0.2) is 17.5 Å². The van der Waals surface area contributed by atoms with E-state index in [1.54, 1.807) is 0 Å². The minimum atomic E-state index is -1.73. The van der Waals surface area contributed by atoms with E-state index < -0.39 is 40.9 Å². The first-order valence-electron chi connectivity index (χ1n) is 3.71. The second kappa shape index (κ2) is 3.79. The summed E-state index contributed by atoms with van der Waals surface area (Å²) in [6.45, 7) is 2.54. The number of hydrogen-bond acceptors (Lipinski definition) is 1. The smallest absolute Gasteiger partial charge is 0.195 e. The van der Waals surface area contributed by atoms with E-state index in [4.69, 9.17) is 5.73 Å². The zero-order chi connectivity index (χ0) is 10.9. The summed E-state index contributed by atoms with van der Waals surface area (Å²) in [4.78, 5) is 0. The van der Waals surface area contributed by atoms with Crippen molar-refractivity contribution in [3.05, 3.63) is 41.0 Å². The van der Waals surface area contributed by atoms with Crippen molar-refractivity contribution in [1.82, 2.24) is 0 Å². The third-order valence-electron chi connectivity index (χ3n) is 1.80. The molecule has 0 aliphatic heterocycles. The van der Waals surface area contributed by atoms with Crippen molar-refractivity contribution in [2.24, 2.45) is 5.73 Å². The molecule has 0 aliphatic rings. The van der Waals surface area contributed by atoms with Gasteiger partial charge in [-0.3, -0.25) is 0 Å². The topological polar surface area (TPSA) is 26.0 Å². The van der Waals surface area contributed by atoms with Crippen LogP contribution in [0.4, 0.5) is 17.6 Å². The highest BCUT2D eigenvalue weighted by molar-refractivity contribution is 5.51. The van der Waals surface area contributed by atoms with Crippen LogP contribution in [0.2, 0.25) is 0 Å². The molecule has 0 spiro atoms. The van der Waals surface area contributed by atoms with Crippen LogP contribution >= 0.6 is 0 Å². The highest BCUT2D eigenvalue weighted by atomic mass is 19.2. The fourth-order valence-electron chi connectivity index (χ4n) is 1.06. The van der Waals surface area contributed by atoms with Gasteiger partial charge in [0, 0.05) is 17.7 Å². The lowest BCUT2D eigenvalue weighted by Crippen LogP contribution is -2.10. The number of hydrogen-bond donors (Lipinski definition) is 1. The van der Waals surface area contributed by atoms with E-state index >= 15 is 0 Å². The lowest BCUT2D eigenvalue weighted by atomic mass is 10.1. The average Bonchev–Trinajstić information content (AvgIpc) is 2.16. The van der Waals surface area contributed by atoms with E-state index in [1.165, 1.54) is 0 Å². The van der Waals surface area contributed by atoms with Crippen LogP contribution in [-0.4, -0.2) is 0 Å². The fraction of sp³-hybridized carbons (Fsp3) is 0.111. The van der Waals surface area contributed by atoms with Crippen molar-refractivity contribution in [1.29, 1.82) is 0 Å². The van der Waals surface area contributed by atoms with Gasteiger partial charge in [-0.2, -0.15) is 0 Å². The zero-order valence-electron chi connectivity index (χ0n) is 7.08. The molecule has 0 amide bonds. The number of nitrogens with two attached hydrogens (primary N) is 1. The van der Waals surface area contributed by atoms with Crippen molar-refractivity contribution < 1.29 is 17.6 Å². The van der Waals surface area contributed by atoms with Gasteiger partial charge >= 0.3 is 0 Å². The molecular weight excluding hydrogens is 198 g/mol. The van der Waals surface area contributed by atoms with Crippen LogP contribution in [-0.2, 0) is 6.54 Å². The summed E-state index contributed by atoms with van der Waals surface area (Å²) >= 11 is 0. The summed E-state index contributed by atoms with van der Waals surface area (Å²) in [5.41, 5.74) is 3.60. The first-order valence-corrected chi connectivity index (χ1v) is 3.71. The quantitative estimate of drug-likeness (QED) is 0.447. The van der Waals surface area contributed by atoms with Gasteiger partial charge in [0.25, 0.3) is 0 Å². The van der Waals surface area contributed by atoms with E-state index in [1.807, 2.05) is 0 Å². The highest BCUT2D eigenvalue weighted by Crippen LogP contribution is 2.24. The molecule has 1 aromatic carbocycles. The van der Waals surface area contributed by atoms with Gasteiger partial charge in [0.2, 0.25) is 0 Å². The summed E-state index contributed by atoms with van der Waals surface area (Å²) in [7, 11) is 0. The second-order valence-corrected chi connectivity index (χ2v) is 2.56. The van der Waals surface area contributed by atoms with E-state index in [0.29, 0.717) is 0 Å². The van der Waals surface area contributed by atoms with Crippen LogP contribution in [0.15, 0.2) is 6.58 Å². The normalized spacial score (nSPS) is 10.4. The Morgan fingerprint density at radius 1 is 1.00 bits per heavy atom. The van der Waals surface area contributed by atoms with Crippen molar-refractivity contribution in [3.8, 4) is 0 Å². The SMILES string of the molecule is C=Cc1c(F)c(F)c(F)c(CN)c1F. The molecule has 0 unspecified atom stereocenters. The molecule has 1 rings (SSSR count). The molecule has 1 aromatic rings. The van der Waals surface area contributed by atoms with Crippen molar-refractivity contribution >= 4 is 6.08 Å². The molecule has 14 heavy (non-hydrogen) atoms. The zero-order valence-corrected chi connectivity index (χ0v) is 7.08. The van der Waals surface area contributed by atoms with Crippen LogP contribution in [0.25, 0.3) is 6.08 Å². The van der Waals surface area contributed by atoms with E-state index in [0.717, 1.165) is 6.08 Å². The average molecular weight is 205 g/mol. The van der Waals surface area contributed by atoms with Gasteiger partial charge in [-0.25, -0.2) is 17.6 Å². The van der Waals surface area contributed by atoms with Gasteiger partial charge in [0.05, 0.1) is 0 Å². The molecule has 0 radical (unpaired) electrons. The molecule has 0 heterocycles. The second-order valence-electron chi connectivity index (χ2n) is 2.56. The monoisotopic (exact) mass is 205 g/mol. The van der Waals surface area contributed by atoms with Crippen LogP contribution in [0.3, 0.4) is 0 Å². The lowest BCUT2D eigenvalue weighted by Gasteiger charge is -2.07. The summed E-state index contributed by atoms with van der Waals surface area (Å²) < 4.78 is 51.7. The number of halogens is 4. The van der Waals surface area contributed by atoms with Crippen LogP contribution < -0.4 is 5.73 Å². The molecule has 0 saturated carbocycles. The predicted octanol–water partition coefficient (Wildman–Crippen LogP) is 2.34. The van der Waals surface area contributed by atoms with Crippen molar-refractivity contribution in [2.75, 3.05) is 0 Å². The lowest BCUT2D eigenvalue weighted by molar-refractivity contribution is 0.423. The molecule has 76 valence electrons. The van der Waals surface area contributed by atoms with Gasteiger partial charge < -0.3 is 5.73 Å². The maximum absolute atomic E-state index is 13.2. The summed E-state index contributed by atoms with van der Waals surface area (Å²) in [5.74, 6) is -6.12. The standard InChI is InChI=1S/C9H7F4N/c1-2-4-6(10)5(3-14)8(12)9(13)7(4)11/h2H,1,3,14H2. The molecule has 0 aromatic heterocycles. The molecule has 0 aliphatic carbocycles. The first kappa shape index (κ1) is 10.7. The first-order chi connectivity index (χ1) is 6.54. The Bertz CT molecular complexity index is 387. The summed E-state index contributed by atoms with van der Waals surface area (Å²) in [6, 6.07) is 0. The molecule has 5 heteroatoms. The Labute approximate surface area is 77.8 Å². The van der Waals surface area contributed by atoms with Crippen LogP contribution in [0.1, 0.15) is 11.1 Å². The fourth-order valence-corrected chi connectivity index (χ4v) is 1.06. The number of benzene rings is 1. The highest BCUT2D eigenvalue weighted by Gasteiger charge is 2.22. The van der Waals surface area contributed by atoms with Crippen LogP contribution in [0.5, 0.6) is 0 Å². The Balaban J connectivity index is 3.64. The molecule has 0 atom stereocenters. The Kier molecular flexibility index (Phi) is 2.90. The molecule has 2 N–H and O–H groups in total. The third-order valence-corrected chi connectivity index (χ3v) is 1.80. The van der Waals surface area contributed by atoms with Gasteiger partial charge in [-0.1, -0.05) is 12.7 Å². The summed E-state index contributed by atoms with van der Waals surface area (Å²) in [6.07, 6.45) is 0.770. The molecule has 0 saturated heterocycles.